The molecule has 164 valence electrons. The summed E-state index contributed by atoms with van der Waals surface area (Å²) in [6.07, 6.45) is -4.15. The van der Waals surface area contributed by atoms with Gasteiger partial charge in [-0.15, -0.1) is 0 Å². The SMILES string of the molecule is CCC1(c2ccccc2)NC(=O)N(CC(=O)Nc2ccc(OCC(F)(F)F)cc2)C1=O. The van der Waals surface area contributed by atoms with Gasteiger partial charge in [0.2, 0.25) is 5.91 Å². The van der Waals surface area contributed by atoms with Gasteiger partial charge in [-0.3, -0.25) is 14.5 Å². The zero-order valence-corrected chi connectivity index (χ0v) is 16.5. The number of ether oxygens (including phenoxy) is 1. The Labute approximate surface area is 176 Å². The number of alkyl halides is 3. The van der Waals surface area contributed by atoms with Gasteiger partial charge in [-0.05, 0) is 36.2 Å². The van der Waals surface area contributed by atoms with Crippen LogP contribution in [0.5, 0.6) is 5.75 Å². The van der Waals surface area contributed by atoms with Gasteiger partial charge in [0.25, 0.3) is 5.91 Å². The number of nitrogens with zero attached hydrogens (tertiary/aromatic N) is 1. The average molecular weight is 435 g/mol. The van der Waals surface area contributed by atoms with Crippen LogP contribution < -0.4 is 15.4 Å². The van der Waals surface area contributed by atoms with Crippen LogP contribution in [0.15, 0.2) is 54.6 Å². The third-order valence-electron chi connectivity index (χ3n) is 4.81. The van der Waals surface area contributed by atoms with E-state index in [0.29, 0.717) is 12.0 Å². The summed E-state index contributed by atoms with van der Waals surface area (Å²) in [6, 6.07) is 13.3. The Morgan fingerprint density at radius 2 is 1.74 bits per heavy atom. The summed E-state index contributed by atoms with van der Waals surface area (Å²) < 4.78 is 41.2. The molecular formula is C21H20F3N3O4. The number of halogens is 3. The highest BCUT2D eigenvalue weighted by Gasteiger charge is 2.51. The smallest absolute Gasteiger partial charge is 0.422 e. The molecule has 1 heterocycles. The lowest BCUT2D eigenvalue weighted by atomic mass is 9.87. The molecule has 1 saturated heterocycles. The van der Waals surface area contributed by atoms with E-state index >= 15 is 0 Å². The molecule has 0 saturated carbocycles. The molecule has 1 fully saturated rings. The molecule has 0 aliphatic carbocycles. The third kappa shape index (κ3) is 4.96. The van der Waals surface area contributed by atoms with E-state index in [9.17, 15) is 27.6 Å². The first-order valence-corrected chi connectivity index (χ1v) is 9.44. The summed E-state index contributed by atoms with van der Waals surface area (Å²) in [5.74, 6) is -1.18. The van der Waals surface area contributed by atoms with Crippen LogP contribution in [0.3, 0.4) is 0 Å². The molecule has 31 heavy (non-hydrogen) atoms. The van der Waals surface area contributed by atoms with E-state index in [1.165, 1.54) is 24.3 Å². The van der Waals surface area contributed by atoms with Gasteiger partial charge in [0.1, 0.15) is 17.8 Å². The predicted molar refractivity (Wildman–Crippen MR) is 105 cm³/mol. The highest BCUT2D eigenvalue weighted by molar-refractivity contribution is 6.10. The van der Waals surface area contributed by atoms with Crippen LogP contribution in [0, 0.1) is 0 Å². The van der Waals surface area contributed by atoms with E-state index in [0.717, 1.165) is 4.90 Å². The number of anilines is 1. The zero-order chi connectivity index (χ0) is 22.6. The van der Waals surface area contributed by atoms with Crippen molar-refractivity contribution in [1.29, 1.82) is 0 Å². The molecule has 2 aromatic carbocycles. The number of urea groups is 1. The molecule has 0 bridgehead atoms. The van der Waals surface area contributed by atoms with Gasteiger partial charge in [-0.1, -0.05) is 37.3 Å². The molecule has 1 atom stereocenters. The second kappa shape index (κ2) is 8.66. The van der Waals surface area contributed by atoms with Crippen LogP contribution >= 0.6 is 0 Å². The number of imide groups is 1. The third-order valence-corrected chi connectivity index (χ3v) is 4.81. The molecule has 2 N–H and O–H groups in total. The fourth-order valence-electron chi connectivity index (χ4n) is 3.28. The lowest BCUT2D eigenvalue weighted by Crippen LogP contribution is -2.44. The topological polar surface area (TPSA) is 87.7 Å². The quantitative estimate of drug-likeness (QED) is 0.653. The van der Waals surface area contributed by atoms with Gasteiger partial charge in [0.05, 0.1) is 0 Å². The van der Waals surface area contributed by atoms with Gasteiger partial charge in [0.15, 0.2) is 6.61 Å². The molecule has 0 aromatic heterocycles. The van der Waals surface area contributed by atoms with Crippen molar-refractivity contribution in [3.63, 3.8) is 0 Å². The van der Waals surface area contributed by atoms with Gasteiger partial charge in [0, 0.05) is 5.69 Å². The standard InChI is InChI=1S/C21H20F3N3O4/c1-2-20(14-6-4-3-5-7-14)18(29)27(19(30)26-20)12-17(28)25-15-8-10-16(11-9-15)31-13-21(22,23)24/h3-11H,2,12-13H2,1H3,(H,25,28)(H,26,30). The number of nitrogens with one attached hydrogen (secondary N) is 2. The first kappa shape index (κ1) is 22.1. The lowest BCUT2D eigenvalue weighted by molar-refractivity contribution is -0.153. The molecule has 1 aliphatic heterocycles. The van der Waals surface area contributed by atoms with Crippen molar-refractivity contribution < 1.29 is 32.3 Å². The normalized spacial score (nSPS) is 18.6. The Bertz CT molecular complexity index is 964. The predicted octanol–water partition coefficient (Wildman–Crippen LogP) is 3.42. The summed E-state index contributed by atoms with van der Waals surface area (Å²) >= 11 is 0. The van der Waals surface area contributed by atoms with Gasteiger partial charge < -0.3 is 15.4 Å². The summed E-state index contributed by atoms with van der Waals surface area (Å²) in [6.45, 7) is -0.172. The molecular weight excluding hydrogens is 415 g/mol. The van der Waals surface area contributed by atoms with E-state index < -0.39 is 42.7 Å². The van der Waals surface area contributed by atoms with Crippen molar-refractivity contribution in [2.24, 2.45) is 0 Å². The molecule has 3 rings (SSSR count). The van der Waals surface area contributed by atoms with Crippen molar-refractivity contribution in [1.82, 2.24) is 10.2 Å². The summed E-state index contributed by atoms with van der Waals surface area (Å²) in [4.78, 5) is 38.6. The number of rotatable bonds is 7. The Balaban J connectivity index is 1.64. The number of hydrogen-bond acceptors (Lipinski definition) is 4. The second-order valence-electron chi connectivity index (χ2n) is 6.92. The lowest BCUT2D eigenvalue weighted by Gasteiger charge is -2.25. The maximum Gasteiger partial charge on any atom is 0.422 e. The molecule has 10 heteroatoms. The van der Waals surface area contributed by atoms with Crippen molar-refractivity contribution in [3.05, 3.63) is 60.2 Å². The molecule has 7 nitrogen and oxygen atoms in total. The molecule has 4 amide bonds. The minimum atomic E-state index is -4.46. The Morgan fingerprint density at radius 3 is 2.32 bits per heavy atom. The molecule has 0 radical (unpaired) electrons. The summed E-state index contributed by atoms with van der Waals surface area (Å²) in [7, 11) is 0. The fraction of sp³-hybridized carbons (Fsp3) is 0.286. The van der Waals surface area contributed by atoms with E-state index in [1.54, 1.807) is 37.3 Å². The Morgan fingerprint density at radius 1 is 1.10 bits per heavy atom. The monoisotopic (exact) mass is 435 g/mol. The van der Waals surface area contributed by atoms with Crippen LogP contribution in [-0.2, 0) is 15.1 Å². The number of amides is 4. The first-order valence-electron chi connectivity index (χ1n) is 9.44. The number of hydrogen-bond donors (Lipinski definition) is 2. The van der Waals surface area contributed by atoms with Crippen molar-refractivity contribution in [3.8, 4) is 5.75 Å². The van der Waals surface area contributed by atoms with Gasteiger partial charge >= 0.3 is 12.2 Å². The average Bonchev–Trinajstić information content (AvgIpc) is 2.98. The van der Waals surface area contributed by atoms with Crippen LogP contribution in [0.2, 0.25) is 0 Å². The minimum Gasteiger partial charge on any atom is -0.484 e. The van der Waals surface area contributed by atoms with Crippen molar-refractivity contribution >= 4 is 23.5 Å². The van der Waals surface area contributed by atoms with Crippen LogP contribution in [0.4, 0.5) is 23.7 Å². The van der Waals surface area contributed by atoms with E-state index in [4.69, 9.17) is 0 Å². The highest BCUT2D eigenvalue weighted by Crippen LogP contribution is 2.32. The number of benzene rings is 2. The minimum absolute atomic E-state index is 0.0139. The summed E-state index contributed by atoms with van der Waals surface area (Å²) in [5.41, 5.74) is -0.342. The number of carbonyl (C=O) groups excluding carboxylic acids is 3. The largest absolute Gasteiger partial charge is 0.484 e. The zero-order valence-electron chi connectivity index (χ0n) is 16.5. The van der Waals surface area contributed by atoms with E-state index in [-0.39, 0.29) is 11.4 Å². The first-order chi connectivity index (χ1) is 14.6. The molecule has 1 aliphatic rings. The fourth-order valence-corrected chi connectivity index (χ4v) is 3.28. The maximum atomic E-state index is 13.0. The summed E-state index contributed by atoms with van der Waals surface area (Å²) in [5, 5.41) is 5.19. The van der Waals surface area contributed by atoms with Crippen LogP contribution in [-0.4, -0.2) is 42.1 Å². The second-order valence-corrected chi connectivity index (χ2v) is 6.92. The van der Waals surface area contributed by atoms with E-state index in [1.807, 2.05) is 0 Å². The molecule has 0 spiro atoms. The van der Waals surface area contributed by atoms with Crippen molar-refractivity contribution in [2.75, 3.05) is 18.5 Å². The highest BCUT2D eigenvalue weighted by atomic mass is 19.4. The number of carbonyl (C=O) groups is 3. The Hall–Kier alpha value is -3.56. The van der Waals surface area contributed by atoms with Crippen molar-refractivity contribution in [2.45, 2.75) is 25.1 Å². The van der Waals surface area contributed by atoms with Crippen LogP contribution in [0.25, 0.3) is 0 Å². The van der Waals surface area contributed by atoms with Gasteiger partial charge in [-0.2, -0.15) is 13.2 Å². The van der Waals surface area contributed by atoms with E-state index in [2.05, 4.69) is 15.4 Å². The molecule has 1 unspecified atom stereocenters. The van der Waals surface area contributed by atoms with Crippen LogP contribution in [0.1, 0.15) is 18.9 Å². The van der Waals surface area contributed by atoms with Gasteiger partial charge in [-0.25, -0.2) is 4.79 Å². The Kier molecular flexibility index (Phi) is 6.19. The molecule has 2 aromatic rings. The maximum absolute atomic E-state index is 13.0.